The lowest BCUT2D eigenvalue weighted by Gasteiger charge is -2.23. The summed E-state index contributed by atoms with van der Waals surface area (Å²) >= 11 is 13.4. The largest absolute Gasteiger partial charge is 0.329 e. The van der Waals surface area contributed by atoms with Crippen molar-refractivity contribution < 1.29 is 9.59 Å². The van der Waals surface area contributed by atoms with Gasteiger partial charge in [-0.25, -0.2) is 4.98 Å². The van der Waals surface area contributed by atoms with E-state index in [1.165, 1.54) is 22.3 Å². The average molecular weight is 414 g/mol. The lowest BCUT2D eigenvalue weighted by atomic mass is 10.1. The van der Waals surface area contributed by atoms with Crippen molar-refractivity contribution in [1.29, 1.82) is 0 Å². The van der Waals surface area contributed by atoms with Gasteiger partial charge >= 0.3 is 0 Å². The van der Waals surface area contributed by atoms with Gasteiger partial charge in [-0.1, -0.05) is 37.0 Å². The number of thiazole rings is 1. The molecule has 0 radical (unpaired) electrons. The number of rotatable bonds is 7. The summed E-state index contributed by atoms with van der Waals surface area (Å²) in [6.45, 7) is 6.43. The van der Waals surface area contributed by atoms with Crippen LogP contribution in [0.1, 0.15) is 35.5 Å². The number of halogens is 2. The molecular weight excluding hydrogens is 393 g/mol. The van der Waals surface area contributed by atoms with Gasteiger partial charge in [0.2, 0.25) is 5.91 Å². The van der Waals surface area contributed by atoms with Gasteiger partial charge in [-0.3, -0.25) is 9.59 Å². The Labute approximate surface area is 167 Å². The maximum absolute atomic E-state index is 12.9. The fraction of sp³-hybridized carbons (Fsp3) is 0.389. The molecule has 1 aromatic heterocycles. The fourth-order valence-corrected chi connectivity index (χ4v) is 3.41. The number of anilines is 1. The van der Waals surface area contributed by atoms with Crippen molar-refractivity contribution in [1.82, 2.24) is 9.88 Å². The Hall–Kier alpha value is -1.63. The SMILES string of the molecule is Cc1cnc(NC(=O)CN(CCC(C)C)C(=O)c2ccc(Cl)cc2Cl)s1. The predicted molar refractivity (Wildman–Crippen MR) is 107 cm³/mol. The van der Waals surface area contributed by atoms with Gasteiger partial charge in [0.15, 0.2) is 5.13 Å². The normalized spacial score (nSPS) is 10.8. The zero-order valence-electron chi connectivity index (χ0n) is 14.9. The minimum Gasteiger partial charge on any atom is -0.329 e. The Morgan fingerprint density at radius 3 is 2.62 bits per heavy atom. The number of amides is 2. The van der Waals surface area contributed by atoms with Crippen molar-refractivity contribution in [3.05, 3.63) is 44.9 Å². The summed E-state index contributed by atoms with van der Waals surface area (Å²) in [6.07, 6.45) is 2.47. The van der Waals surface area contributed by atoms with Crippen LogP contribution >= 0.6 is 34.5 Å². The molecule has 0 aliphatic heterocycles. The molecule has 0 saturated carbocycles. The minimum absolute atomic E-state index is 0.0663. The van der Waals surface area contributed by atoms with Gasteiger partial charge < -0.3 is 10.2 Å². The van der Waals surface area contributed by atoms with E-state index in [-0.39, 0.29) is 23.4 Å². The molecule has 0 unspecified atom stereocenters. The first-order valence-electron chi connectivity index (χ1n) is 8.23. The highest BCUT2D eigenvalue weighted by molar-refractivity contribution is 7.15. The standard InChI is InChI=1S/C18H21Cl2N3O2S/c1-11(2)6-7-23(10-16(24)22-18-21-9-12(3)26-18)17(25)14-5-4-13(19)8-15(14)20/h4-5,8-9,11H,6-7,10H2,1-3H3,(H,21,22,24). The Kier molecular flexibility index (Phi) is 7.43. The first-order valence-corrected chi connectivity index (χ1v) is 9.80. The van der Waals surface area contributed by atoms with Crippen LogP contribution < -0.4 is 5.32 Å². The smallest absolute Gasteiger partial charge is 0.255 e. The van der Waals surface area contributed by atoms with E-state index in [4.69, 9.17) is 23.2 Å². The molecule has 0 spiro atoms. The van der Waals surface area contributed by atoms with Crippen LogP contribution in [0.15, 0.2) is 24.4 Å². The van der Waals surface area contributed by atoms with Crippen molar-refractivity contribution in [2.45, 2.75) is 27.2 Å². The van der Waals surface area contributed by atoms with Crippen LogP contribution in [0.3, 0.4) is 0 Å². The number of carbonyl (C=O) groups is 2. The summed E-state index contributed by atoms with van der Waals surface area (Å²) in [5.74, 6) is -0.185. The number of hydrogen-bond acceptors (Lipinski definition) is 4. The molecule has 5 nitrogen and oxygen atoms in total. The summed E-state index contributed by atoms with van der Waals surface area (Å²) in [5.41, 5.74) is 0.331. The van der Waals surface area contributed by atoms with Crippen molar-refractivity contribution in [3.63, 3.8) is 0 Å². The molecule has 0 aliphatic rings. The monoisotopic (exact) mass is 413 g/mol. The van der Waals surface area contributed by atoms with Crippen LogP contribution in [0.2, 0.25) is 10.0 Å². The van der Waals surface area contributed by atoms with E-state index in [1.54, 1.807) is 18.3 Å². The number of carbonyl (C=O) groups excluding carboxylic acids is 2. The third kappa shape index (κ3) is 5.97. The number of hydrogen-bond donors (Lipinski definition) is 1. The molecule has 1 heterocycles. The maximum Gasteiger partial charge on any atom is 0.255 e. The Bertz CT molecular complexity index is 792. The Morgan fingerprint density at radius 2 is 2.04 bits per heavy atom. The predicted octanol–water partition coefficient (Wildman–Crippen LogP) is 4.89. The highest BCUT2D eigenvalue weighted by Crippen LogP contribution is 2.23. The number of aryl methyl sites for hydroxylation is 1. The van der Waals surface area contributed by atoms with Gasteiger partial charge in [-0.15, -0.1) is 11.3 Å². The van der Waals surface area contributed by atoms with Crippen molar-refractivity contribution >= 4 is 51.5 Å². The van der Waals surface area contributed by atoms with E-state index in [1.807, 2.05) is 6.92 Å². The summed E-state index contributed by atoms with van der Waals surface area (Å²) in [5, 5.41) is 3.98. The van der Waals surface area contributed by atoms with Crippen LogP contribution in [-0.4, -0.2) is 34.8 Å². The zero-order valence-corrected chi connectivity index (χ0v) is 17.2. The third-order valence-electron chi connectivity index (χ3n) is 3.63. The van der Waals surface area contributed by atoms with Crippen LogP contribution in [0.25, 0.3) is 0 Å². The molecule has 0 bridgehead atoms. The summed E-state index contributed by atoms with van der Waals surface area (Å²) in [4.78, 5) is 31.9. The van der Waals surface area contributed by atoms with Crippen LogP contribution in [0, 0.1) is 12.8 Å². The van der Waals surface area contributed by atoms with E-state index >= 15 is 0 Å². The Balaban J connectivity index is 2.13. The maximum atomic E-state index is 12.9. The molecular formula is C18H21Cl2N3O2S. The molecule has 8 heteroatoms. The molecule has 0 saturated heterocycles. The molecule has 26 heavy (non-hydrogen) atoms. The van der Waals surface area contributed by atoms with Crippen molar-refractivity contribution in [2.75, 3.05) is 18.4 Å². The zero-order chi connectivity index (χ0) is 19.3. The number of nitrogens with zero attached hydrogens (tertiary/aromatic N) is 2. The van der Waals surface area contributed by atoms with Crippen LogP contribution in [0.4, 0.5) is 5.13 Å². The second kappa shape index (κ2) is 9.35. The Morgan fingerprint density at radius 1 is 1.31 bits per heavy atom. The summed E-state index contributed by atoms with van der Waals surface area (Å²) in [6, 6.07) is 4.71. The van der Waals surface area contributed by atoms with Gasteiger partial charge in [-0.2, -0.15) is 0 Å². The average Bonchev–Trinajstić information content (AvgIpc) is 2.95. The molecule has 0 atom stereocenters. The van der Waals surface area contributed by atoms with E-state index in [0.717, 1.165) is 11.3 Å². The summed E-state index contributed by atoms with van der Waals surface area (Å²) in [7, 11) is 0. The van der Waals surface area contributed by atoms with Gasteiger partial charge in [0.05, 0.1) is 10.6 Å². The van der Waals surface area contributed by atoms with E-state index < -0.39 is 0 Å². The van der Waals surface area contributed by atoms with Gasteiger partial charge in [0.25, 0.3) is 5.91 Å². The quantitative estimate of drug-likeness (QED) is 0.702. The molecule has 2 rings (SSSR count). The number of aromatic nitrogens is 1. The molecule has 140 valence electrons. The van der Waals surface area contributed by atoms with Gasteiger partial charge in [0, 0.05) is 22.6 Å². The number of nitrogens with one attached hydrogen (secondary N) is 1. The van der Waals surface area contributed by atoms with E-state index in [9.17, 15) is 9.59 Å². The lowest BCUT2D eigenvalue weighted by Crippen LogP contribution is -2.39. The molecule has 0 fully saturated rings. The summed E-state index contributed by atoms with van der Waals surface area (Å²) < 4.78 is 0. The molecule has 2 amide bonds. The van der Waals surface area contributed by atoms with Gasteiger partial charge in [-0.05, 0) is 37.5 Å². The minimum atomic E-state index is -0.294. The molecule has 2 aromatic rings. The topological polar surface area (TPSA) is 62.3 Å². The van der Waals surface area contributed by atoms with Crippen molar-refractivity contribution in [2.24, 2.45) is 5.92 Å². The van der Waals surface area contributed by atoms with Gasteiger partial charge in [0.1, 0.15) is 6.54 Å². The van der Waals surface area contributed by atoms with Crippen LogP contribution in [0.5, 0.6) is 0 Å². The second-order valence-corrected chi connectivity index (χ2v) is 8.44. The first kappa shape index (κ1) is 20.7. The van der Waals surface area contributed by atoms with Crippen molar-refractivity contribution in [3.8, 4) is 0 Å². The third-order valence-corrected chi connectivity index (χ3v) is 5.00. The molecule has 0 aliphatic carbocycles. The van der Waals surface area contributed by atoms with Crippen LogP contribution in [-0.2, 0) is 4.79 Å². The highest BCUT2D eigenvalue weighted by atomic mass is 35.5. The second-order valence-electron chi connectivity index (χ2n) is 6.36. The first-order chi connectivity index (χ1) is 12.3. The highest BCUT2D eigenvalue weighted by Gasteiger charge is 2.22. The lowest BCUT2D eigenvalue weighted by molar-refractivity contribution is -0.116. The number of benzene rings is 1. The van der Waals surface area contributed by atoms with E-state index in [0.29, 0.717) is 28.2 Å². The fourth-order valence-electron chi connectivity index (χ4n) is 2.24. The van der Waals surface area contributed by atoms with E-state index in [2.05, 4.69) is 24.1 Å². The molecule has 1 aromatic carbocycles. The molecule has 1 N–H and O–H groups in total.